The van der Waals surface area contributed by atoms with Crippen molar-refractivity contribution in [1.29, 1.82) is 0 Å². The average Bonchev–Trinajstić information content (AvgIpc) is 2.38. The van der Waals surface area contributed by atoms with Gasteiger partial charge in [-0.3, -0.25) is 0 Å². The molecule has 1 N–H and O–H groups in total. The summed E-state index contributed by atoms with van der Waals surface area (Å²) in [6.07, 6.45) is -1.31. The molecule has 0 fully saturated rings. The molecule has 0 heterocycles. The highest BCUT2D eigenvalue weighted by atomic mass is 32.2. The van der Waals surface area contributed by atoms with Gasteiger partial charge in [-0.2, -0.15) is 0 Å². The Hall–Kier alpha value is -1.88. The predicted octanol–water partition coefficient (Wildman–Crippen LogP) is 3.94. The van der Waals surface area contributed by atoms with Crippen molar-refractivity contribution < 1.29 is 18.8 Å². The summed E-state index contributed by atoms with van der Waals surface area (Å²) >= 11 is 0.830. The molecule has 0 aliphatic heterocycles. The summed E-state index contributed by atoms with van der Waals surface area (Å²) in [7, 11) is 0. The standard InChI is InChI=1S/C13H12O4S/c1-2-16-11-7-8-12(18-17-13(14)15)10-6-4-3-5-9(10)11/h3-8H,2H2,1H3,(H,14,15). The molecule has 0 aliphatic rings. The van der Waals surface area contributed by atoms with Gasteiger partial charge in [0.1, 0.15) is 17.8 Å². The first-order valence-corrected chi connectivity index (χ1v) is 6.18. The Labute approximate surface area is 109 Å². The minimum absolute atomic E-state index is 0.585. The number of hydrogen-bond donors (Lipinski definition) is 1. The first-order chi connectivity index (χ1) is 8.72. The van der Waals surface area contributed by atoms with Crippen LogP contribution in [0.2, 0.25) is 0 Å². The van der Waals surface area contributed by atoms with E-state index in [1.165, 1.54) is 0 Å². The molecule has 0 unspecified atom stereocenters. The molecule has 0 saturated heterocycles. The number of carboxylic acid groups (broad SMARTS) is 1. The van der Waals surface area contributed by atoms with Crippen molar-refractivity contribution in [3.63, 3.8) is 0 Å². The number of ether oxygens (including phenoxy) is 1. The maximum absolute atomic E-state index is 10.4. The summed E-state index contributed by atoms with van der Waals surface area (Å²) < 4.78 is 10.1. The van der Waals surface area contributed by atoms with Crippen molar-refractivity contribution in [1.82, 2.24) is 0 Å². The second-order valence-corrected chi connectivity index (χ2v) is 4.25. The topological polar surface area (TPSA) is 55.8 Å². The average molecular weight is 264 g/mol. The van der Waals surface area contributed by atoms with Crippen molar-refractivity contribution in [2.75, 3.05) is 6.61 Å². The lowest BCUT2D eigenvalue weighted by Gasteiger charge is -2.10. The van der Waals surface area contributed by atoms with Gasteiger partial charge in [-0.1, -0.05) is 24.3 Å². The summed E-state index contributed by atoms with van der Waals surface area (Å²) in [6.45, 7) is 2.51. The minimum atomic E-state index is -1.31. The van der Waals surface area contributed by atoms with Crippen LogP contribution in [0.15, 0.2) is 41.3 Å². The van der Waals surface area contributed by atoms with Gasteiger partial charge in [0.25, 0.3) is 0 Å². The van der Waals surface area contributed by atoms with Crippen LogP contribution in [0, 0.1) is 0 Å². The van der Waals surface area contributed by atoms with Crippen LogP contribution >= 0.6 is 12.0 Å². The first-order valence-electron chi connectivity index (χ1n) is 5.44. The molecule has 0 radical (unpaired) electrons. The van der Waals surface area contributed by atoms with Crippen LogP contribution in [-0.4, -0.2) is 17.9 Å². The van der Waals surface area contributed by atoms with Crippen LogP contribution in [0.25, 0.3) is 10.8 Å². The number of benzene rings is 2. The van der Waals surface area contributed by atoms with E-state index in [1.54, 1.807) is 6.07 Å². The third-order valence-corrected chi connectivity index (χ3v) is 3.11. The molecule has 0 aliphatic carbocycles. The van der Waals surface area contributed by atoms with Gasteiger partial charge in [0.15, 0.2) is 0 Å². The fourth-order valence-corrected chi connectivity index (χ4v) is 2.23. The third kappa shape index (κ3) is 2.68. The Morgan fingerprint density at radius 1 is 1.22 bits per heavy atom. The highest BCUT2D eigenvalue weighted by Gasteiger charge is 2.09. The van der Waals surface area contributed by atoms with Gasteiger partial charge in [0.2, 0.25) is 0 Å². The highest BCUT2D eigenvalue weighted by Crippen LogP contribution is 2.34. The van der Waals surface area contributed by atoms with Gasteiger partial charge < -0.3 is 14.0 Å². The molecule has 2 aromatic carbocycles. The number of fused-ring (bicyclic) bond motifs is 1. The van der Waals surface area contributed by atoms with E-state index in [4.69, 9.17) is 9.84 Å². The van der Waals surface area contributed by atoms with E-state index >= 15 is 0 Å². The largest absolute Gasteiger partial charge is 0.518 e. The van der Waals surface area contributed by atoms with Crippen molar-refractivity contribution in [3.05, 3.63) is 36.4 Å². The Morgan fingerprint density at radius 2 is 1.94 bits per heavy atom. The molecule has 2 rings (SSSR count). The zero-order valence-corrected chi connectivity index (χ0v) is 10.6. The third-order valence-electron chi connectivity index (χ3n) is 2.35. The van der Waals surface area contributed by atoms with Gasteiger partial charge in [-0.05, 0) is 19.1 Å². The molecule has 18 heavy (non-hydrogen) atoms. The molecule has 0 bridgehead atoms. The lowest BCUT2D eigenvalue weighted by Crippen LogP contribution is -1.94. The van der Waals surface area contributed by atoms with Crippen molar-refractivity contribution in [2.45, 2.75) is 11.8 Å². The van der Waals surface area contributed by atoms with Gasteiger partial charge in [0, 0.05) is 10.8 Å². The van der Waals surface area contributed by atoms with E-state index in [1.807, 2.05) is 37.3 Å². The summed E-state index contributed by atoms with van der Waals surface area (Å²) in [6, 6.07) is 11.3. The van der Waals surface area contributed by atoms with Crippen LogP contribution in [0.5, 0.6) is 5.75 Å². The fourth-order valence-electron chi connectivity index (χ4n) is 1.68. The number of rotatable bonds is 4. The summed E-state index contributed by atoms with van der Waals surface area (Å²) in [4.78, 5) is 11.2. The quantitative estimate of drug-likeness (QED) is 0.847. The fraction of sp³-hybridized carbons (Fsp3) is 0.154. The van der Waals surface area contributed by atoms with Crippen LogP contribution in [-0.2, 0) is 4.18 Å². The van der Waals surface area contributed by atoms with Gasteiger partial charge in [-0.25, -0.2) is 4.79 Å². The highest BCUT2D eigenvalue weighted by molar-refractivity contribution is 7.95. The summed E-state index contributed by atoms with van der Waals surface area (Å²) in [5, 5.41) is 10.4. The smallest absolute Gasteiger partial charge is 0.493 e. The van der Waals surface area contributed by atoms with Crippen molar-refractivity contribution in [3.8, 4) is 5.75 Å². The minimum Gasteiger partial charge on any atom is -0.493 e. The Bertz CT molecular complexity index is 568. The Balaban J connectivity index is 2.43. The Kier molecular flexibility index (Phi) is 3.94. The second kappa shape index (κ2) is 5.64. The number of hydrogen-bond acceptors (Lipinski definition) is 4. The lowest BCUT2D eigenvalue weighted by atomic mass is 10.1. The van der Waals surface area contributed by atoms with E-state index in [0.717, 1.165) is 33.5 Å². The lowest BCUT2D eigenvalue weighted by molar-refractivity contribution is 0.153. The van der Waals surface area contributed by atoms with E-state index in [-0.39, 0.29) is 0 Å². The molecule has 4 nitrogen and oxygen atoms in total. The van der Waals surface area contributed by atoms with Gasteiger partial charge >= 0.3 is 6.16 Å². The normalized spacial score (nSPS) is 10.3. The van der Waals surface area contributed by atoms with E-state index in [0.29, 0.717) is 6.61 Å². The molecule has 2 aromatic rings. The zero-order chi connectivity index (χ0) is 13.0. The van der Waals surface area contributed by atoms with Crippen LogP contribution in [0.3, 0.4) is 0 Å². The zero-order valence-electron chi connectivity index (χ0n) is 9.75. The van der Waals surface area contributed by atoms with Crippen LogP contribution < -0.4 is 4.74 Å². The second-order valence-electron chi connectivity index (χ2n) is 3.47. The van der Waals surface area contributed by atoms with Gasteiger partial charge in [0.05, 0.1) is 11.5 Å². The maximum atomic E-state index is 10.4. The van der Waals surface area contributed by atoms with E-state index in [9.17, 15) is 4.79 Å². The van der Waals surface area contributed by atoms with Crippen LogP contribution in [0.1, 0.15) is 6.92 Å². The Morgan fingerprint density at radius 3 is 2.61 bits per heavy atom. The van der Waals surface area contributed by atoms with Crippen molar-refractivity contribution in [2.24, 2.45) is 0 Å². The molecular weight excluding hydrogens is 252 g/mol. The van der Waals surface area contributed by atoms with E-state index in [2.05, 4.69) is 4.18 Å². The molecule has 5 heteroatoms. The monoisotopic (exact) mass is 264 g/mol. The molecule has 0 spiro atoms. The molecule has 0 amide bonds. The molecule has 0 saturated carbocycles. The van der Waals surface area contributed by atoms with Crippen LogP contribution in [0.4, 0.5) is 4.79 Å². The molecular formula is C13H12O4S. The SMILES string of the molecule is CCOc1ccc(SOC(=O)O)c2ccccc12. The van der Waals surface area contributed by atoms with Gasteiger partial charge in [-0.15, -0.1) is 0 Å². The van der Waals surface area contributed by atoms with Crippen molar-refractivity contribution >= 4 is 29.0 Å². The predicted molar refractivity (Wildman–Crippen MR) is 70.1 cm³/mol. The van der Waals surface area contributed by atoms with E-state index < -0.39 is 6.16 Å². The summed E-state index contributed by atoms with van der Waals surface area (Å²) in [5.41, 5.74) is 0. The first kappa shape index (κ1) is 12.6. The molecule has 0 atom stereocenters. The molecule has 94 valence electrons. The summed E-state index contributed by atoms with van der Waals surface area (Å²) in [5.74, 6) is 0.785. The number of carbonyl (C=O) groups is 1. The molecule has 0 aromatic heterocycles. The maximum Gasteiger partial charge on any atom is 0.518 e.